The molecular formula is C18H17F2N5O2. The summed E-state index contributed by atoms with van der Waals surface area (Å²) in [6, 6.07) is 4.54. The molecule has 0 unspecified atom stereocenters. The highest BCUT2D eigenvalue weighted by Gasteiger charge is 2.43. The summed E-state index contributed by atoms with van der Waals surface area (Å²) in [5.41, 5.74) is 1.23. The van der Waals surface area contributed by atoms with Gasteiger partial charge in [-0.25, -0.2) is 13.8 Å². The Morgan fingerprint density at radius 1 is 1.15 bits per heavy atom. The number of pyridine rings is 1. The van der Waals surface area contributed by atoms with Crippen LogP contribution in [-0.4, -0.2) is 51.4 Å². The fourth-order valence-electron chi connectivity index (χ4n) is 3.92. The Hall–Kier alpha value is -2.81. The van der Waals surface area contributed by atoms with Crippen LogP contribution in [-0.2, 0) is 4.74 Å². The molecular weight excluding hydrogens is 356 g/mol. The Balaban J connectivity index is 1.41. The third-order valence-electron chi connectivity index (χ3n) is 5.52. The first-order valence-corrected chi connectivity index (χ1v) is 8.78. The van der Waals surface area contributed by atoms with Gasteiger partial charge in [0.15, 0.2) is 23.2 Å². The lowest BCUT2D eigenvalue weighted by molar-refractivity contribution is -0.000209. The van der Waals surface area contributed by atoms with E-state index in [4.69, 9.17) is 4.74 Å². The van der Waals surface area contributed by atoms with Crippen LogP contribution >= 0.6 is 0 Å². The number of aromatic hydroxyl groups is 1. The van der Waals surface area contributed by atoms with Crippen LogP contribution in [0.15, 0.2) is 24.4 Å². The molecule has 2 aromatic heterocycles. The number of phenols is 1. The Morgan fingerprint density at radius 3 is 2.63 bits per heavy atom. The zero-order chi connectivity index (χ0) is 18.6. The molecule has 5 rings (SSSR count). The van der Waals surface area contributed by atoms with Gasteiger partial charge in [0.1, 0.15) is 11.0 Å². The molecule has 2 fully saturated rings. The third-order valence-corrected chi connectivity index (χ3v) is 5.52. The zero-order valence-corrected chi connectivity index (χ0v) is 14.4. The second-order valence-corrected chi connectivity index (χ2v) is 7.23. The van der Waals surface area contributed by atoms with Gasteiger partial charge in [-0.3, -0.25) is 0 Å². The average molecular weight is 373 g/mol. The van der Waals surface area contributed by atoms with Gasteiger partial charge in [0.25, 0.3) is 0 Å². The number of hydrogen-bond acceptors (Lipinski definition) is 6. The minimum atomic E-state index is -1.11. The Kier molecular flexibility index (Phi) is 3.55. The van der Waals surface area contributed by atoms with E-state index in [0.717, 1.165) is 55.6 Å². The molecule has 0 radical (unpaired) electrons. The summed E-state index contributed by atoms with van der Waals surface area (Å²) in [7, 11) is 0. The highest BCUT2D eigenvalue weighted by molar-refractivity contribution is 5.78. The first-order valence-electron chi connectivity index (χ1n) is 8.78. The Morgan fingerprint density at radius 2 is 1.93 bits per heavy atom. The van der Waals surface area contributed by atoms with Crippen molar-refractivity contribution in [3.05, 3.63) is 36.0 Å². The van der Waals surface area contributed by atoms with E-state index in [2.05, 4.69) is 20.2 Å². The van der Waals surface area contributed by atoms with Crippen molar-refractivity contribution < 1.29 is 18.6 Å². The van der Waals surface area contributed by atoms with Crippen molar-refractivity contribution in [2.75, 3.05) is 31.2 Å². The van der Waals surface area contributed by atoms with Crippen LogP contribution in [0.5, 0.6) is 5.75 Å². The SMILES string of the molecule is Oc1c(F)cc2nnn(-c3ccc(N4CC5(CCOCC5)C4)cn3)c2c1F. The van der Waals surface area contributed by atoms with E-state index in [-0.39, 0.29) is 11.0 Å². The molecule has 0 bridgehead atoms. The van der Waals surface area contributed by atoms with E-state index in [1.54, 1.807) is 12.3 Å². The smallest absolute Gasteiger partial charge is 0.195 e. The number of hydrogen-bond donors (Lipinski definition) is 1. The highest BCUT2D eigenvalue weighted by Crippen LogP contribution is 2.42. The van der Waals surface area contributed by atoms with Gasteiger partial charge in [-0.2, -0.15) is 4.68 Å². The predicted octanol–water partition coefficient (Wildman–Crippen LogP) is 2.42. The van der Waals surface area contributed by atoms with Gasteiger partial charge in [-0.1, -0.05) is 5.21 Å². The number of nitrogens with zero attached hydrogens (tertiary/aromatic N) is 5. The topological polar surface area (TPSA) is 76.3 Å². The number of aromatic nitrogens is 4. The largest absolute Gasteiger partial charge is 0.503 e. The van der Waals surface area contributed by atoms with Crippen molar-refractivity contribution in [3.8, 4) is 11.6 Å². The van der Waals surface area contributed by atoms with E-state index in [1.165, 1.54) is 0 Å². The molecule has 140 valence electrons. The summed E-state index contributed by atoms with van der Waals surface area (Å²) in [6.07, 6.45) is 3.87. The second-order valence-electron chi connectivity index (χ2n) is 7.23. The summed E-state index contributed by atoms with van der Waals surface area (Å²) in [5, 5.41) is 17.1. The standard InChI is InChI=1S/C18H17F2N5O2/c19-12-7-13-16(15(20)17(12)26)25(23-22-13)14-2-1-11(8-21-14)24-9-18(10-24)3-5-27-6-4-18/h1-2,7-8,26H,3-6,9-10H2. The maximum absolute atomic E-state index is 14.3. The van der Waals surface area contributed by atoms with Crippen molar-refractivity contribution in [2.24, 2.45) is 5.41 Å². The minimum Gasteiger partial charge on any atom is -0.503 e. The van der Waals surface area contributed by atoms with Crippen molar-refractivity contribution in [1.82, 2.24) is 20.0 Å². The molecule has 0 saturated carbocycles. The molecule has 0 atom stereocenters. The van der Waals surface area contributed by atoms with Gasteiger partial charge in [0.05, 0.1) is 11.9 Å². The third kappa shape index (κ3) is 2.53. The van der Waals surface area contributed by atoms with Crippen molar-refractivity contribution in [1.29, 1.82) is 0 Å². The molecule has 1 aromatic carbocycles. The van der Waals surface area contributed by atoms with Crippen molar-refractivity contribution in [2.45, 2.75) is 12.8 Å². The maximum atomic E-state index is 14.3. The first-order chi connectivity index (χ1) is 13.1. The van der Waals surface area contributed by atoms with E-state index >= 15 is 0 Å². The molecule has 0 aliphatic carbocycles. The van der Waals surface area contributed by atoms with Crippen LogP contribution in [0.3, 0.4) is 0 Å². The average Bonchev–Trinajstić information content (AvgIpc) is 3.09. The molecule has 4 heterocycles. The van der Waals surface area contributed by atoms with E-state index in [9.17, 15) is 13.9 Å². The molecule has 2 aliphatic heterocycles. The van der Waals surface area contributed by atoms with Crippen LogP contribution in [0, 0.1) is 17.0 Å². The zero-order valence-electron chi connectivity index (χ0n) is 14.4. The molecule has 2 aliphatic rings. The number of ether oxygens (including phenoxy) is 1. The van der Waals surface area contributed by atoms with Crippen LogP contribution in [0.1, 0.15) is 12.8 Å². The van der Waals surface area contributed by atoms with Gasteiger partial charge in [-0.05, 0) is 25.0 Å². The van der Waals surface area contributed by atoms with E-state index < -0.39 is 17.4 Å². The van der Waals surface area contributed by atoms with E-state index in [1.807, 2.05) is 6.07 Å². The molecule has 3 aromatic rings. The maximum Gasteiger partial charge on any atom is 0.195 e. The number of rotatable bonds is 2. The number of phenolic OH excluding ortho intramolecular Hbond substituents is 1. The highest BCUT2D eigenvalue weighted by atomic mass is 19.1. The van der Waals surface area contributed by atoms with Gasteiger partial charge in [-0.15, -0.1) is 5.10 Å². The fraction of sp³-hybridized carbons (Fsp3) is 0.389. The van der Waals surface area contributed by atoms with Crippen LogP contribution < -0.4 is 4.90 Å². The lowest BCUT2D eigenvalue weighted by Crippen LogP contribution is -2.58. The molecule has 1 N–H and O–H groups in total. The van der Waals surface area contributed by atoms with E-state index in [0.29, 0.717) is 11.2 Å². The molecule has 1 spiro atoms. The summed E-state index contributed by atoms with van der Waals surface area (Å²) < 4.78 is 34.3. The number of benzene rings is 1. The van der Waals surface area contributed by atoms with Gasteiger partial charge in [0.2, 0.25) is 0 Å². The number of halogens is 2. The van der Waals surface area contributed by atoms with Crippen LogP contribution in [0.2, 0.25) is 0 Å². The van der Waals surface area contributed by atoms with Gasteiger partial charge < -0.3 is 14.7 Å². The lowest BCUT2D eigenvalue weighted by Gasteiger charge is -2.53. The fourth-order valence-corrected chi connectivity index (χ4v) is 3.92. The normalized spacial score (nSPS) is 18.8. The van der Waals surface area contributed by atoms with Crippen molar-refractivity contribution >= 4 is 16.7 Å². The summed E-state index contributed by atoms with van der Waals surface area (Å²) in [6.45, 7) is 3.60. The Labute approximate surface area is 153 Å². The van der Waals surface area contributed by atoms with Gasteiger partial charge >= 0.3 is 0 Å². The molecule has 0 amide bonds. The number of fused-ring (bicyclic) bond motifs is 1. The van der Waals surface area contributed by atoms with Crippen LogP contribution in [0.4, 0.5) is 14.5 Å². The Bertz CT molecular complexity index is 1010. The van der Waals surface area contributed by atoms with Gasteiger partial charge in [0, 0.05) is 37.8 Å². The lowest BCUT2D eigenvalue weighted by atomic mass is 9.73. The summed E-state index contributed by atoms with van der Waals surface area (Å²) in [5.74, 6) is -2.89. The minimum absolute atomic E-state index is 0.0119. The quantitative estimate of drug-likeness (QED) is 0.744. The van der Waals surface area contributed by atoms with Crippen molar-refractivity contribution in [3.63, 3.8) is 0 Å². The summed E-state index contributed by atoms with van der Waals surface area (Å²) >= 11 is 0. The second kappa shape index (κ2) is 5.85. The monoisotopic (exact) mass is 373 g/mol. The molecule has 27 heavy (non-hydrogen) atoms. The number of anilines is 1. The molecule has 2 saturated heterocycles. The summed E-state index contributed by atoms with van der Waals surface area (Å²) in [4.78, 5) is 6.61. The van der Waals surface area contributed by atoms with Crippen LogP contribution in [0.25, 0.3) is 16.9 Å². The molecule has 7 nitrogen and oxygen atoms in total. The molecule has 9 heteroatoms. The predicted molar refractivity (Wildman–Crippen MR) is 92.9 cm³/mol. The first kappa shape index (κ1) is 16.4.